The van der Waals surface area contributed by atoms with E-state index in [4.69, 9.17) is 4.74 Å². The maximum absolute atomic E-state index is 12.3. The summed E-state index contributed by atoms with van der Waals surface area (Å²) < 4.78 is 5.42. The van der Waals surface area contributed by atoms with Crippen molar-refractivity contribution in [2.75, 3.05) is 13.1 Å². The minimum Gasteiger partial charge on any atom is -0.445 e. The van der Waals surface area contributed by atoms with E-state index in [9.17, 15) is 9.59 Å². The third kappa shape index (κ3) is 6.22. The second-order valence-corrected chi connectivity index (χ2v) is 6.84. The van der Waals surface area contributed by atoms with Gasteiger partial charge in [0.25, 0.3) is 0 Å². The third-order valence-corrected chi connectivity index (χ3v) is 4.09. The first-order chi connectivity index (χ1) is 11.5. The zero-order chi connectivity index (χ0) is 17.4. The van der Waals surface area contributed by atoms with Crippen molar-refractivity contribution in [2.45, 2.75) is 52.2 Å². The number of carbonyl (C=O) groups excluding carboxylic acids is 2. The van der Waals surface area contributed by atoms with Crippen LogP contribution in [0.4, 0.5) is 4.79 Å². The highest BCUT2D eigenvalue weighted by atomic mass is 16.6. The van der Waals surface area contributed by atoms with Crippen molar-refractivity contribution >= 4 is 12.0 Å². The van der Waals surface area contributed by atoms with E-state index in [1.54, 1.807) is 4.90 Å². The first kappa shape index (κ1) is 18.3. The van der Waals surface area contributed by atoms with Crippen LogP contribution in [0, 0.1) is 5.92 Å². The Labute approximate surface area is 144 Å². The monoisotopic (exact) mass is 332 g/mol. The lowest BCUT2D eigenvalue weighted by Crippen LogP contribution is -2.45. The molecule has 1 aliphatic rings. The molecule has 0 radical (unpaired) electrons. The molecule has 0 saturated carbocycles. The van der Waals surface area contributed by atoms with Crippen LogP contribution in [0.5, 0.6) is 0 Å². The Kier molecular flexibility index (Phi) is 7.09. The molecule has 1 unspecified atom stereocenters. The highest BCUT2D eigenvalue weighted by Gasteiger charge is 2.24. The van der Waals surface area contributed by atoms with Gasteiger partial charge >= 0.3 is 6.09 Å². The van der Waals surface area contributed by atoms with E-state index >= 15 is 0 Å². The summed E-state index contributed by atoms with van der Waals surface area (Å²) in [6.07, 6.45) is 3.08. The lowest BCUT2D eigenvalue weighted by molar-refractivity contribution is -0.122. The SMILES string of the molecule is CC(C)CC(=O)NC1CCCCN(C(=O)OCc2ccccc2)C1. The van der Waals surface area contributed by atoms with Crippen molar-refractivity contribution in [1.29, 1.82) is 0 Å². The minimum atomic E-state index is -0.302. The fraction of sp³-hybridized carbons (Fsp3) is 0.579. The Bertz CT molecular complexity index is 531. The van der Waals surface area contributed by atoms with Crippen molar-refractivity contribution in [3.8, 4) is 0 Å². The number of rotatable bonds is 5. The Morgan fingerprint density at radius 2 is 2.00 bits per heavy atom. The number of amides is 2. The number of carbonyl (C=O) groups is 2. The molecule has 1 aliphatic heterocycles. The Morgan fingerprint density at radius 3 is 2.71 bits per heavy atom. The highest BCUT2D eigenvalue weighted by molar-refractivity contribution is 5.76. The molecule has 1 heterocycles. The molecule has 1 N–H and O–H groups in total. The third-order valence-electron chi connectivity index (χ3n) is 4.09. The average molecular weight is 332 g/mol. The van der Waals surface area contributed by atoms with Gasteiger partial charge in [0.15, 0.2) is 0 Å². The van der Waals surface area contributed by atoms with Gasteiger partial charge in [-0.15, -0.1) is 0 Å². The molecule has 0 bridgehead atoms. The molecule has 1 saturated heterocycles. The molecule has 1 atom stereocenters. The van der Waals surface area contributed by atoms with Crippen LogP contribution in [0.3, 0.4) is 0 Å². The van der Waals surface area contributed by atoms with Gasteiger partial charge in [-0.1, -0.05) is 44.2 Å². The number of nitrogens with one attached hydrogen (secondary N) is 1. The molecule has 1 fully saturated rings. The van der Waals surface area contributed by atoms with E-state index in [0.29, 0.717) is 25.4 Å². The molecular formula is C19H28N2O3. The molecule has 0 aromatic heterocycles. The van der Waals surface area contributed by atoms with Gasteiger partial charge in [0.2, 0.25) is 5.91 Å². The van der Waals surface area contributed by atoms with Crippen LogP contribution in [0.1, 0.15) is 45.1 Å². The predicted octanol–water partition coefficient (Wildman–Crippen LogP) is 3.34. The summed E-state index contributed by atoms with van der Waals surface area (Å²) in [5.41, 5.74) is 0.974. The van der Waals surface area contributed by atoms with Gasteiger partial charge in [0, 0.05) is 25.6 Å². The fourth-order valence-electron chi connectivity index (χ4n) is 2.89. The van der Waals surface area contributed by atoms with Gasteiger partial charge < -0.3 is 15.0 Å². The standard InChI is InChI=1S/C19H28N2O3/c1-15(2)12-18(22)20-17-10-6-7-11-21(13-17)19(23)24-14-16-8-4-3-5-9-16/h3-5,8-9,15,17H,6-7,10-14H2,1-2H3,(H,20,22). The number of ether oxygens (including phenoxy) is 1. The smallest absolute Gasteiger partial charge is 0.410 e. The van der Waals surface area contributed by atoms with E-state index < -0.39 is 0 Å². The van der Waals surface area contributed by atoms with Gasteiger partial charge in [-0.25, -0.2) is 4.79 Å². The molecule has 1 aromatic rings. The maximum Gasteiger partial charge on any atom is 0.410 e. The van der Waals surface area contributed by atoms with Gasteiger partial charge in [-0.2, -0.15) is 0 Å². The fourth-order valence-corrected chi connectivity index (χ4v) is 2.89. The van der Waals surface area contributed by atoms with Crippen molar-refractivity contribution in [3.05, 3.63) is 35.9 Å². The summed E-state index contributed by atoms with van der Waals surface area (Å²) in [7, 11) is 0. The van der Waals surface area contributed by atoms with Crippen LogP contribution in [-0.2, 0) is 16.1 Å². The Balaban J connectivity index is 1.84. The number of hydrogen-bond donors (Lipinski definition) is 1. The van der Waals surface area contributed by atoms with Crippen molar-refractivity contribution in [3.63, 3.8) is 0 Å². The predicted molar refractivity (Wildman–Crippen MR) is 93.4 cm³/mol. The van der Waals surface area contributed by atoms with E-state index in [1.165, 1.54) is 0 Å². The molecule has 1 aromatic carbocycles. The topological polar surface area (TPSA) is 58.6 Å². The summed E-state index contributed by atoms with van der Waals surface area (Å²) in [5, 5.41) is 3.06. The van der Waals surface area contributed by atoms with Crippen molar-refractivity contribution in [2.24, 2.45) is 5.92 Å². The number of hydrogen-bond acceptors (Lipinski definition) is 3. The Hall–Kier alpha value is -2.04. The summed E-state index contributed by atoms with van der Waals surface area (Å²) in [6, 6.07) is 9.67. The lowest BCUT2D eigenvalue weighted by atomic mass is 10.1. The van der Waals surface area contributed by atoms with Gasteiger partial charge in [0.1, 0.15) is 6.61 Å². The maximum atomic E-state index is 12.3. The summed E-state index contributed by atoms with van der Waals surface area (Å²) in [5.74, 6) is 0.400. The molecular weight excluding hydrogens is 304 g/mol. The molecule has 5 heteroatoms. The van der Waals surface area contributed by atoms with E-state index in [2.05, 4.69) is 5.32 Å². The summed E-state index contributed by atoms with van der Waals surface area (Å²) >= 11 is 0. The van der Waals surface area contributed by atoms with Crippen LogP contribution in [0.2, 0.25) is 0 Å². The van der Waals surface area contributed by atoms with Crippen LogP contribution in [0.15, 0.2) is 30.3 Å². The zero-order valence-electron chi connectivity index (χ0n) is 14.7. The molecule has 0 aliphatic carbocycles. The lowest BCUT2D eigenvalue weighted by Gasteiger charge is -2.25. The van der Waals surface area contributed by atoms with Crippen LogP contribution in [0.25, 0.3) is 0 Å². The largest absolute Gasteiger partial charge is 0.445 e. The van der Waals surface area contributed by atoms with E-state index in [1.807, 2.05) is 44.2 Å². The van der Waals surface area contributed by atoms with E-state index in [-0.39, 0.29) is 24.6 Å². The molecule has 2 amide bonds. The van der Waals surface area contributed by atoms with Gasteiger partial charge in [-0.05, 0) is 30.7 Å². The van der Waals surface area contributed by atoms with Crippen molar-refractivity contribution < 1.29 is 14.3 Å². The Morgan fingerprint density at radius 1 is 1.25 bits per heavy atom. The number of benzene rings is 1. The quantitative estimate of drug-likeness (QED) is 0.899. The second kappa shape index (κ2) is 9.30. The van der Waals surface area contributed by atoms with Crippen LogP contribution < -0.4 is 5.32 Å². The molecule has 24 heavy (non-hydrogen) atoms. The molecule has 0 spiro atoms. The number of nitrogens with zero attached hydrogens (tertiary/aromatic N) is 1. The first-order valence-corrected chi connectivity index (χ1v) is 8.79. The minimum absolute atomic E-state index is 0.0167. The van der Waals surface area contributed by atoms with Crippen molar-refractivity contribution in [1.82, 2.24) is 10.2 Å². The first-order valence-electron chi connectivity index (χ1n) is 8.79. The molecule has 132 valence electrons. The number of likely N-dealkylation sites (tertiary alicyclic amines) is 1. The van der Waals surface area contributed by atoms with E-state index in [0.717, 1.165) is 24.8 Å². The van der Waals surface area contributed by atoms with Crippen LogP contribution >= 0.6 is 0 Å². The highest BCUT2D eigenvalue weighted by Crippen LogP contribution is 2.13. The van der Waals surface area contributed by atoms with Gasteiger partial charge in [-0.3, -0.25) is 4.79 Å². The second-order valence-electron chi connectivity index (χ2n) is 6.84. The average Bonchev–Trinajstić information content (AvgIpc) is 2.78. The normalized spacial score (nSPS) is 18.1. The summed E-state index contributed by atoms with van der Waals surface area (Å²) in [6.45, 7) is 5.54. The zero-order valence-corrected chi connectivity index (χ0v) is 14.7. The summed E-state index contributed by atoms with van der Waals surface area (Å²) in [4.78, 5) is 26.0. The molecule has 5 nitrogen and oxygen atoms in total. The van der Waals surface area contributed by atoms with Gasteiger partial charge in [0.05, 0.1) is 0 Å². The van der Waals surface area contributed by atoms with Crippen LogP contribution in [-0.4, -0.2) is 36.0 Å². The molecule has 2 rings (SSSR count).